The number of alkyl halides is 3. The molecular formula is C13H16ClF3N2O2. The fraction of sp³-hybridized carbons (Fsp3) is 0.462. The highest BCUT2D eigenvalue weighted by molar-refractivity contribution is 6.30. The molecule has 8 heteroatoms. The summed E-state index contributed by atoms with van der Waals surface area (Å²) >= 11 is 5.72. The van der Waals surface area contributed by atoms with Crippen LogP contribution in [0.4, 0.5) is 18.9 Å². The number of nitrogens with two attached hydrogens (primary N) is 1. The number of amides is 1. The maximum absolute atomic E-state index is 12.2. The van der Waals surface area contributed by atoms with Crippen molar-refractivity contribution in [2.24, 2.45) is 5.73 Å². The molecule has 4 nitrogen and oxygen atoms in total. The van der Waals surface area contributed by atoms with Crippen LogP contribution in [0.25, 0.3) is 0 Å². The zero-order valence-corrected chi connectivity index (χ0v) is 12.1. The zero-order valence-electron chi connectivity index (χ0n) is 11.3. The van der Waals surface area contributed by atoms with Crippen molar-refractivity contribution in [1.29, 1.82) is 0 Å². The highest BCUT2D eigenvalue weighted by Crippen LogP contribution is 2.30. The number of nitrogens with one attached hydrogen (secondary N) is 1. The molecule has 1 aromatic carbocycles. The first-order valence-electron chi connectivity index (χ1n) is 6.28. The molecule has 0 aliphatic rings. The molecule has 0 saturated heterocycles. The average molecular weight is 325 g/mol. The molecule has 118 valence electrons. The van der Waals surface area contributed by atoms with Gasteiger partial charge in [-0.3, -0.25) is 4.79 Å². The smallest absolute Gasteiger partial charge is 0.422 e. The third-order valence-corrected chi connectivity index (χ3v) is 2.76. The van der Waals surface area contributed by atoms with Crippen molar-refractivity contribution in [1.82, 2.24) is 0 Å². The Morgan fingerprint density at radius 2 is 2.14 bits per heavy atom. The monoisotopic (exact) mass is 324 g/mol. The Balaban J connectivity index is 2.84. The van der Waals surface area contributed by atoms with Crippen molar-refractivity contribution >= 4 is 23.2 Å². The van der Waals surface area contributed by atoms with E-state index >= 15 is 0 Å². The summed E-state index contributed by atoms with van der Waals surface area (Å²) in [6.07, 6.45) is -3.30. The minimum atomic E-state index is -4.48. The van der Waals surface area contributed by atoms with Crippen LogP contribution in [0.1, 0.15) is 19.8 Å². The van der Waals surface area contributed by atoms with Gasteiger partial charge in [-0.1, -0.05) is 24.9 Å². The predicted octanol–water partition coefficient (Wildman–Crippen LogP) is 3.35. The molecule has 0 saturated carbocycles. The first-order chi connectivity index (χ1) is 9.73. The number of benzene rings is 1. The van der Waals surface area contributed by atoms with Gasteiger partial charge >= 0.3 is 6.18 Å². The molecule has 0 radical (unpaired) electrons. The second kappa shape index (κ2) is 7.51. The van der Waals surface area contributed by atoms with E-state index in [1.165, 1.54) is 18.2 Å². The topological polar surface area (TPSA) is 64.4 Å². The van der Waals surface area contributed by atoms with Crippen molar-refractivity contribution < 1.29 is 22.7 Å². The van der Waals surface area contributed by atoms with Gasteiger partial charge in [0.2, 0.25) is 5.91 Å². The first kappa shape index (κ1) is 17.6. The van der Waals surface area contributed by atoms with Crippen LogP contribution in [0, 0.1) is 0 Å². The van der Waals surface area contributed by atoms with Crippen LogP contribution in [-0.2, 0) is 4.79 Å². The van der Waals surface area contributed by atoms with E-state index in [9.17, 15) is 18.0 Å². The minimum Gasteiger partial charge on any atom is -0.482 e. The summed E-state index contributed by atoms with van der Waals surface area (Å²) < 4.78 is 41.3. The van der Waals surface area contributed by atoms with Gasteiger partial charge in [-0.2, -0.15) is 13.2 Å². The highest BCUT2D eigenvalue weighted by Gasteiger charge is 2.29. The Hall–Kier alpha value is -1.47. The Morgan fingerprint density at radius 3 is 2.71 bits per heavy atom. The number of hydrogen-bond donors (Lipinski definition) is 2. The largest absolute Gasteiger partial charge is 0.482 e. The van der Waals surface area contributed by atoms with Crippen LogP contribution in [-0.4, -0.2) is 24.7 Å². The number of carbonyl (C=O) groups excluding carboxylic acids is 1. The van der Waals surface area contributed by atoms with E-state index in [0.717, 1.165) is 0 Å². The lowest BCUT2D eigenvalue weighted by molar-refractivity contribution is -0.153. The van der Waals surface area contributed by atoms with Crippen molar-refractivity contribution in [2.75, 3.05) is 11.9 Å². The summed E-state index contributed by atoms with van der Waals surface area (Å²) in [6, 6.07) is 3.27. The second-order valence-electron chi connectivity index (χ2n) is 4.43. The standard InChI is InChI=1S/C13H16ClF3N2O2/c1-2-3-9(18)12(20)19-10-5-4-8(14)6-11(10)21-7-13(15,16)17/h4-6,9H,2-3,7,18H2,1H3,(H,19,20). The number of anilines is 1. The molecule has 0 fully saturated rings. The number of hydrogen-bond acceptors (Lipinski definition) is 3. The van der Waals surface area contributed by atoms with E-state index in [1.807, 2.05) is 6.92 Å². The van der Waals surface area contributed by atoms with Crippen LogP contribution in [0.5, 0.6) is 5.75 Å². The van der Waals surface area contributed by atoms with E-state index in [2.05, 4.69) is 10.1 Å². The molecule has 0 aliphatic heterocycles. The van der Waals surface area contributed by atoms with E-state index in [4.69, 9.17) is 17.3 Å². The maximum Gasteiger partial charge on any atom is 0.422 e. The Kier molecular flexibility index (Phi) is 6.29. The quantitative estimate of drug-likeness (QED) is 0.843. The SMILES string of the molecule is CCCC(N)C(=O)Nc1ccc(Cl)cc1OCC(F)(F)F. The first-order valence-corrected chi connectivity index (χ1v) is 6.66. The van der Waals surface area contributed by atoms with Crippen molar-refractivity contribution in [3.8, 4) is 5.75 Å². The van der Waals surface area contributed by atoms with E-state index < -0.39 is 24.7 Å². The van der Waals surface area contributed by atoms with Crippen molar-refractivity contribution in [2.45, 2.75) is 32.0 Å². The third kappa shape index (κ3) is 6.22. The molecule has 0 bridgehead atoms. The molecule has 0 spiro atoms. The van der Waals surface area contributed by atoms with Gasteiger partial charge in [0.05, 0.1) is 11.7 Å². The molecular weight excluding hydrogens is 309 g/mol. The second-order valence-corrected chi connectivity index (χ2v) is 4.87. The Bertz CT molecular complexity index is 495. The fourth-order valence-electron chi connectivity index (χ4n) is 1.55. The van der Waals surface area contributed by atoms with Gasteiger partial charge in [-0.05, 0) is 18.6 Å². The van der Waals surface area contributed by atoms with Gasteiger partial charge in [-0.15, -0.1) is 0 Å². The summed E-state index contributed by atoms with van der Waals surface area (Å²) in [5.74, 6) is -0.645. The van der Waals surface area contributed by atoms with Crippen molar-refractivity contribution in [3.63, 3.8) is 0 Å². The number of ether oxygens (including phenoxy) is 1. The van der Waals surface area contributed by atoms with Crippen LogP contribution in [0.2, 0.25) is 5.02 Å². The number of carbonyl (C=O) groups is 1. The molecule has 3 N–H and O–H groups in total. The molecule has 0 aromatic heterocycles. The summed E-state index contributed by atoms with van der Waals surface area (Å²) in [6.45, 7) is 0.393. The minimum absolute atomic E-state index is 0.0974. The lowest BCUT2D eigenvalue weighted by atomic mass is 10.1. The molecule has 1 rings (SSSR count). The van der Waals surface area contributed by atoms with Gasteiger partial charge in [0.1, 0.15) is 5.75 Å². The Morgan fingerprint density at radius 1 is 1.48 bits per heavy atom. The molecule has 0 aliphatic carbocycles. The lowest BCUT2D eigenvalue weighted by Gasteiger charge is -2.16. The van der Waals surface area contributed by atoms with Gasteiger partial charge in [0, 0.05) is 11.1 Å². The zero-order chi connectivity index (χ0) is 16.0. The molecule has 1 atom stereocenters. The van der Waals surface area contributed by atoms with Crippen LogP contribution >= 0.6 is 11.6 Å². The van der Waals surface area contributed by atoms with E-state index in [-0.39, 0.29) is 16.5 Å². The molecule has 1 unspecified atom stereocenters. The van der Waals surface area contributed by atoms with Crippen molar-refractivity contribution in [3.05, 3.63) is 23.2 Å². The maximum atomic E-state index is 12.2. The van der Waals surface area contributed by atoms with Crippen LogP contribution in [0.15, 0.2) is 18.2 Å². The molecule has 0 heterocycles. The van der Waals surface area contributed by atoms with Gasteiger partial charge in [-0.25, -0.2) is 0 Å². The molecule has 1 aromatic rings. The highest BCUT2D eigenvalue weighted by atomic mass is 35.5. The molecule has 21 heavy (non-hydrogen) atoms. The number of rotatable bonds is 6. The summed E-state index contributed by atoms with van der Waals surface area (Å²) in [7, 11) is 0. The molecule has 1 amide bonds. The lowest BCUT2D eigenvalue weighted by Crippen LogP contribution is -2.35. The van der Waals surface area contributed by atoms with Crippen LogP contribution in [0.3, 0.4) is 0 Å². The van der Waals surface area contributed by atoms with E-state index in [0.29, 0.717) is 12.8 Å². The van der Waals surface area contributed by atoms with E-state index in [1.54, 1.807) is 0 Å². The van der Waals surface area contributed by atoms with Crippen LogP contribution < -0.4 is 15.8 Å². The summed E-state index contributed by atoms with van der Waals surface area (Å²) in [5.41, 5.74) is 5.74. The predicted molar refractivity (Wildman–Crippen MR) is 74.5 cm³/mol. The normalized spacial score (nSPS) is 12.9. The van der Waals surface area contributed by atoms with Gasteiger partial charge in [0.15, 0.2) is 6.61 Å². The third-order valence-electron chi connectivity index (χ3n) is 2.53. The summed E-state index contributed by atoms with van der Waals surface area (Å²) in [4.78, 5) is 11.8. The Labute approximate surface area is 125 Å². The number of halogens is 4. The van der Waals surface area contributed by atoms with Gasteiger partial charge < -0.3 is 15.8 Å². The average Bonchev–Trinajstić information content (AvgIpc) is 2.38. The fourth-order valence-corrected chi connectivity index (χ4v) is 1.71. The van der Waals surface area contributed by atoms with Gasteiger partial charge in [0.25, 0.3) is 0 Å². The summed E-state index contributed by atoms with van der Waals surface area (Å²) in [5, 5.41) is 2.64.